The molecule has 1 saturated carbocycles. The number of ether oxygens (including phenoxy) is 1. The van der Waals surface area contributed by atoms with Crippen LogP contribution in [0.4, 0.5) is 0 Å². The first-order valence-electron chi connectivity index (χ1n) is 7.38. The Morgan fingerprint density at radius 2 is 1.81 bits per heavy atom. The van der Waals surface area contributed by atoms with E-state index in [1.54, 1.807) is 6.92 Å². The highest BCUT2D eigenvalue weighted by Gasteiger charge is 2.34. The lowest BCUT2D eigenvalue weighted by atomic mass is 9.71. The van der Waals surface area contributed by atoms with Crippen molar-refractivity contribution < 1.29 is 14.3 Å². The van der Waals surface area contributed by atoms with Crippen LogP contribution in [0.2, 0.25) is 0 Å². The average Bonchev–Trinajstić information content (AvgIpc) is 2.25. The van der Waals surface area contributed by atoms with Crippen LogP contribution in [0.3, 0.4) is 0 Å². The van der Waals surface area contributed by atoms with Gasteiger partial charge in [0.1, 0.15) is 0 Å². The Morgan fingerprint density at radius 3 is 2.24 bits per heavy atom. The molecule has 0 atom stereocenters. The molecule has 0 aromatic heterocycles. The van der Waals surface area contributed by atoms with Gasteiger partial charge in [-0.3, -0.25) is 4.79 Å². The number of hydrogen-bond acceptors (Lipinski definition) is 3. The maximum absolute atomic E-state index is 12.5. The van der Waals surface area contributed by atoms with Crippen molar-refractivity contribution >= 4 is 11.8 Å². The zero-order valence-electron chi connectivity index (χ0n) is 14.1. The number of Topliss-reactive ketones (excluding diaryl/α,β-unsaturated/α-hetero) is 1. The summed E-state index contributed by atoms with van der Waals surface area (Å²) in [5, 5.41) is 0. The highest BCUT2D eigenvalue weighted by atomic mass is 16.5. The van der Waals surface area contributed by atoms with Gasteiger partial charge in [0.2, 0.25) is 0 Å². The Morgan fingerprint density at radius 1 is 1.24 bits per heavy atom. The molecule has 1 rings (SSSR count). The van der Waals surface area contributed by atoms with Crippen LogP contribution in [0.5, 0.6) is 0 Å². The molecule has 0 radical (unpaired) electrons. The van der Waals surface area contributed by atoms with E-state index < -0.39 is 0 Å². The van der Waals surface area contributed by atoms with Gasteiger partial charge in [-0.25, -0.2) is 4.79 Å². The van der Waals surface area contributed by atoms with E-state index in [0.717, 1.165) is 17.6 Å². The number of carbonyl (C=O) groups is 2. The molecule has 0 spiro atoms. The minimum atomic E-state index is -0.368. The normalized spacial score (nSPS) is 20.1. The molecule has 21 heavy (non-hydrogen) atoms. The summed E-state index contributed by atoms with van der Waals surface area (Å²) in [6, 6.07) is 0. The van der Waals surface area contributed by atoms with E-state index in [0.29, 0.717) is 29.7 Å². The summed E-state index contributed by atoms with van der Waals surface area (Å²) in [6.07, 6.45) is 1.25. The van der Waals surface area contributed by atoms with Crippen molar-refractivity contribution in [2.24, 2.45) is 5.41 Å². The highest BCUT2D eigenvalue weighted by Crippen LogP contribution is 2.40. The molecule has 0 aromatic rings. The Balaban J connectivity index is 3.33. The van der Waals surface area contributed by atoms with Gasteiger partial charge in [0.15, 0.2) is 5.78 Å². The van der Waals surface area contributed by atoms with Gasteiger partial charge in [0.25, 0.3) is 0 Å². The molecule has 0 bridgehead atoms. The molecule has 0 aliphatic heterocycles. The predicted octanol–water partition coefficient (Wildman–Crippen LogP) is 4.15. The average molecular weight is 290 g/mol. The second-order valence-electron chi connectivity index (χ2n) is 6.64. The van der Waals surface area contributed by atoms with Crippen LogP contribution in [-0.4, -0.2) is 18.4 Å². The monoisotopic (exact) mass is 290 g/mol. The molecule has 0 unspecified atom stereocenters. The van der Waals surface area contributed by atoms with E-state index in [2.05, 4.69) is 20.4 Å². The fourth-order valence-corrected chi connectivity index (χ4v) is 2.98. The molecule has 3 heteroatoms. The van der Waals surface area contributed by atoms with Gasteiger partial charge < -0.3 is 4.74 Å². The largest absolute Gasteiger partial charge is 0.462 e. The lowest BCUT2D eigenvalue weighted by Gasteiger charge is -2.32. The van der Waals surface area contributed by atoms with Crippen molar-refractivity contribution in [3.8, 4) is 0 Å². The summed E-state index contributed by atoms with van der Waals surface area (Å²) in [6.45, 7) is 15.8. The third-order valence-corrected chi connectivity index (χ3v) is 3.69. The van der Waals surface area contributed by atoms with Crippen molar-refractivity contribution in [1.29, 1.82) is 0 Å². The molecule has 0 heterocycles. The predicted molar refractivity (Wildman–Crippen MR) is 84.9 cm³/mol. The van der Waals surface area contributed by atoms with Crippen LogP contribution in [-0.2, 0) is 14.3 Å². The van der Waals surface area contributed by atoms with Crippen LogP contribution < -0.4 is 0 Å². The second kappa shape index (κ2) is 6.42. The molecule has 0 N–H and O–H groups in total. The van der Waals surface area contributed by atoms with Gasteiger partial charge in [-0.2, -0.15) is 0 Å². The van der Waals surface area contributed by atoms with E-state index in [-0.39, 0.29) is 17.2 Å². The Bertz CT molecular complexity index is 519. The van der Waals surface area contributed by atoms with Crippen molar-refractivity contribution in [3.63, 3.8) is 0 Å². The van der Waals surface area contributed by atoms with Gasteiger partial charge in [-0.15, -0.1) is 0 Å². The van der Waals surface area contributed by atoms with E-state index >= 15 is 0 Å². The number of rotatable bonds is 3. The zero-order chi connectivity index (χ0) is 16.4. The number of ketones is 1. The van der Waals surface area contributed by atoms with Crippen LogP contribution in [0.15, 0.2) is 34.4 Å². The Kier molecular flexibility index (Phi) is 5.32. The molecule has 0 saturated heterocycles. The molecule has 1 aliphatic carbocycles. The smallest absolute Gasteiger partial charge is 0.338 e. The maximum atomic E-state index is 12.5. The number of esters is 1. The summed E-state index contributed by atoms with van der Waals surface area (Å²) in [7, 11) is 0. The standard InChI is InChI=1S/C18H26O3/c1-8-21-17(20)15(11(2)3)13(5)16-12(4)9-18(6,7)10-14(16)19/h4,8-10H2,1-3,5-7H3/b16-13+. The fraction of sp³-hybridized carbons (Fsp3) is 0.556. The summed E-state index contributed by atoms with van der Waals surface area (Å²) in [4.78, 5) is 24.6. The minimum Gasteiger partial charge on any atom is -0.462 e. The molecule has 116 valence electrons. The number of allylic oxidation sites excluding steroid dienone is 3. The van der Waals surface area contributed by atoms with Crippen molar-refractivity contribution in [3.05, 3.63) is 34.4 Å². The topological polar surface area (TPSA) is 43.4 Å². The first-order chi connectivity index (χ1) is 9.60. The molecule has 0 amide bonds. The lowest BCUT2D eigenvalue weighted by Crippen LogP contribution is -2.27. The Labute approximate surface area is 127 Å². The molecular weight excluding hydrogens is 264 g/mol. The summed E-state index contributed by atoms with van der Waals surface area (Å²) >= 11 is 0. The molecule has 1 fully saturated rings. The van der Waals surface area contributed by atoms with Gasteiger partial charge in [0.05, 0.1) is 12.2 Å². The van der Waals surface area contributed by atoms with Crippen molar-refractivity contribution in [2.75, 3.05) is 6.61 Å². The van der Waals surface area contributed by atoms with Crippen LogP contribution in [0.1, 0.15) is 54.4 Å². The zero-order valence-corrected chi connectivity index (χ0v) is 14.1. The molecule has 1 aliphatic rings. The lowest BCUT2D eigenvalue weighted by molar-refractivity contribution is -0.138. The third-order valence-electron chi connectivity index (χ3n) is 3.69. The van der Waals surface area contributed by atoms with Crippen molar-refractivity contribution in [2.45, 2.75) is 54.4 Å². The van der Waals surface area contributed by atoms with Gasteiger partial charge in [-0.05, 0) is 50.7 Å². The highest BCUT2D eigenvalue weighted by molar-refractivity contribution is 6.05. The van der Waals surface area contributed by atoms with E-state index in [4.69, 9.17) is 4.74 Å². The molecular formula is C18H26O3. The number of hydrogen-bond donors (Lipinski definition) is 0. The van der Waals surface area contributed by atoms with Crippen molar-refractivity contribution in [1.82, 2.24) is 0 Å². The molecule has 0 aromatic carbocycles. The summed E-state index contributed by atoms with van der Waals surface area (Å²) in [5.41, 5.74) is 3.41. The third kappa shape index (κ3) is 3.93. The number of carbonyl (C=O) groups excluding carboxylic acids is 2. The van der Waals surface area contributed by atoms with Crippen LogP contribution in [0, 0.1) is 5.41 Å². The minimum absolute atomic E-state index is 0.0625. The van der Waals surface area contributed by atoms with Gasteiger partial charge in [0, 0.05) is 12.0 Å². The quantitative estimate of drug-likeness (QED) is 0.579. The SMILES string of the molecule is C=C1CC(C)(C)CC(=O)/C1=C(\C)C(C(=O)OCC)=C(C)C. The maximum Gasteiger partial charge on any atom is 0.338 e. The first-order valence-corrected chi connectivity index (χ1v) is 7.38. The summed E-state index contributed by atoms with van der Waals surface area (Å²) in [5.74, 6) is -0.301. The fourth-order valence-electron chi connectivity index (χ4n) is 2.98. The van der Waals surface area contributed by atoms with Crippen LogP contribution in [0.25, 0.3) is 0 Å². The van der Waals surface area contributed by atoms with Gasteiger partial charge >= 0.3 is 5.97 Å². The van der Waals surface area contributed by atoms with E-state index in [9.17, 15) is 9.59 Å². The van der Waals surface area contributed by atoms with E-state index in [1.807, 2.05) is 20.8 Å². The summed E-state index contributed by atoms with van der Waals surface area (Å²) < 4.78 is 5.12. The molecule has 3 nitrogen and oxygen atoms in total. The van der Waals surface area contributed by atoms with E-state index in [1.165, 1.54) is 0 Å². The van der Waals surface area contributed by atoms with Crippen LogP contribution >= 0.6 is 0 Å². The first kappa shape index (κ1) is 17.4. The second-order valence-corrected chi connectivity index (χ2v) is 6.64. The van der Waals surface area contributed by atoms with Gasteiger partial charge in [-0.1, -0.05) is 26.0 Å². The Hall–Kier alpha value is -1.64.